The molecule has 6 nitrogen and oxygen atoms in total. The fourth-order valence-corrected chi connectivity index (χ4v) is 3.52. The molecule has 0 bridgehead atoms. The molecule has 2 N–H and O–H groups in total. The maximum atomic E-state index is 13.0. The molecular weight excluding hydrogens is 378 g/mol. The number of fused-ring (bicyclic) bond motifs is 2. The average molecular weight is 395 g/mol. The molecular formula is C24H17N3O3. The van der Waals surface area contributed by atoms with Crippen LogP contribution in [0.3, 0.4) is 0 Å². The van der Waals surface area contributed by atoms with Gasteiger partial charge in [0.25, 0.3) is 5.91 Å². The third-order valence-electron chi connectivity index (χ3n) is 4.99. The lowest BCUT2D eigenvalue weighted by Crippen LogP contribution is -2.12. The molecule has 0 spiro atoms. The average Bonchev–Trinajstić information content (AvgIpc) is 3.19. The van der Waals surface area contributed by atoms with Crippen molar-refractivity contribution in [2.24, 2.45) is 0 Å². The standard InChI is InChI=1S/C24H17N3O3/c1-14-12-16(26-23(29)18-9-4-7-15-6-2-3-8-17(15)18)13-19(21(14)28)24-27-22-20(30-24)10-5-11-25-22/h2-13,28H,1H3,(H,26,29). The van der Waals surface area contributed by atoms with Gasteiger partial charge in [-0.25, -0.2) is 4.98 Å². The van der Waals surface area contributed by atoms with Gasteiger partial charge in [0.2, 0.25) is 5.89 Å². The first-order chi connectivity index (χ1) is 14.6. The highest BCUT2D eigenvalue weighted by Crippen LogP contribution is 2.36. The summed E-state index contributed by atoms with van der Waals surface area (Å²) in [7, 11) is 0. The topological polar surface area (TPSA) is 88.3 Å². The van der Waals surface area contributed by atoms with Crippen molar-refractivity contribution in [3.8, 4) is 17.2 Å². The summed E-state index contributed by atoms with van der Waals surface area (Å²) < 4.78 is 5.75. The Bertz CT molecular complexity index is 1380. The number of nitrogens with one attached hydrogen (secondary N) is 1. The molecule has 3 aromatic carbocycles. The lowest BCUT2D eigenvalue weighted by atomic mass is 10.0. The third-order valence-corrected chi connectivity index (χ3v) is 4.99. The van der Waals surface area contributed by atoms with Crippen LogP contribution < -0.4 is 5.32 Å². The van der Waals surface area contributed by atoms with Crippen LogP contribution in [0.15, 0.2) is 77.3 Å². The van der Waals surface area contributed by atoms with Crippen LogP contribution in [0.4, 0.5) is 5.69 Å². The van der Waals surface area contributed by atoms with Crippen molar-refractivity contribution in [3.05, 3.63) is 84.1 Å². The molecule has 0 aliphatic heterocycles. The number of benzene rings is 3. The molecule has 30 heavy (non-hydrogen) atoms. The van der Waals surface area contributed by atoms with Gasteiger partial charge in [-0.1, -0.05) is 36.4 Å². The molecule has 1 amide bonds. The van der Waals surface area contributed by atoms with Crippen LogP contribution in [0.25, 0.3) is 33.5 Å². The number of phenols is 1. The smallest absolute Gasteiger partial charge is 0.256 e. The summed E-state index contributed by atoms with van der Waals surface area (Å²) in [6.07, 6.45) is 1.63. The van der Waals surface area contributed by atoms with E-state index in [0.717, 1.165) is 10.8 Å². The van der Waals surface area contributed by atoms with Gasteiger partial charge in [-0.15, -0.1) is 0 Å². The van der Waals surface area contributed by atoms with Crippen LogP contribution in [-0.4, -0.2) is 21.0 Å². The second kappa shape index (κ2) is 7.00. The number of aromatic hydroxyl groups is 1. The highest BCUT2D eigenvalue weighted by molar-refractivity contribution is 6.13. The van der Waals surface area contributed by atoms with E-state index in [1.165, 1.54) is 0 Å². The number of oxazole rings is 1. The van der Waals surface area contributed by atoms with Gasteiger partial charge in [-0.2, -0.15) is 4.98 Å². The number of aryl methyl sites for hydroxylation is 1. The molecule has 5 rings (SSSR count). The zero-order chi connectivity index (χ0) is 20.7. The van der Waals surface area contributed by atoms with Gasteiger partial charge in [0, 0.05) is 17.4 Å². The Labute approximate surface area is 171 Å². The molecule has 0 aliphatic rings. The van der Waals surface area contributed by atoms with Gasteiger partial charge in [0.1, 0.15) is 5.75 Å². The number of carbonyl (C=O) groups excluding carboxylic acids is 1. The summed E-state index contributed by atoms with van der Waals surface area (Å²) in [6.45, 7) is 1.76. The Morgan fingerprint density at radius 2 is 1.87 bits per heavy atom. The lowest BCUT2D eigenvalue weighted by molar-refractivity contribution is 0.102. The maximum Gasteiger partial charge on any atom is 0.256 e. The molecule has 0 saturated heterocycles. The Morgan fingerprint density at radius 1 is 1.03 bits per heavy atom. The van der Waals surface area contributed by atoms with E-state index in [4.69, 9.17) is 4.42 Å². The van der Waals surface area contributed by atoms with Crippen molar-refractivity contribution >= 4 is 33.6 Å². The van der Waals surface area contributed by atoms with Crippen LogP contribution in [0.5, 0.6) is 5.75 Å². The molecule has 5 aromatic rings. The van der Waals surface area contributed by atoms with Crippen molar-refractivity contribution < 1.29 is 14.3 Å². The minimum Gasteiger partial charge on any atom is -0.507 e. The quantitative estimate of drug-likeness (QED) is 0.404. The fourth-order valence-electron chi connectivity index (χ4n) is 3.52. The zero-order valence-corrected chi connectivity index (χ0v) is 16.1. The number of hydrogen-bond acceptors (Lipinski definition) is 5. The number of amides is 1. The lowest BCUT2D eigenvalue weighted by Gasteiger charge is -2.11. The van der Waals surface area contributed by atoms with Crippen LogP contribution in [0, 0.1) is 6.92 Å². The molecule has 0 atom stereocenters. The number of anilines is 1. The fraction of sp³-hybridized carbons (Fsp3) is 0.0417. The minimum atomic E-state index is -0.234. The van der Waals surface area contributed by atoms with Crippen molar-refractivity contribution in [2.45, 2.75) is 6.92 Å². The van der Waals surface area contributed by atoms with Crippen LogP contribution >= 0.6 is 0 Å². The van der Waals surface area contributed by atoms with Gasteiger partial charge in [-0.3, -0.25) is 4.79 Å². The van der Waals surface area contributed by atoms with Crippen LogP contribution in [0.2, 0.25) is 0 Å². The first-order valence-corrected chi connectivity index (χ1v) is 9.45. The third kappa shape index (κ3) is 3.04. The number of pyridine rings is 1. The number of hydrogen-bond donors (Lipinski definition) is 2. The van der Waals surface area contributed by atoms with Crippen molar-refractivity contribution in [2.75, 3.05) is 5.32 Å². The normalized spacial score (nSPS) is 11.1. The van der Waals surface area contributed by atoms with Gasteiger partial charge in [0.15, 0.2) is 11.2 Å². The van der Waals surface area contributed by atoms with E-state index < -0.39 is 0 Å². The van der Waals surface area contributed by atoms with E-state index in [0.29, 0.717) is 33.6 Å². The number of nitrogens with zero attached hydrogens (tertiary/aromatic N) is 2. The molecule has 2 aromatic heterocycles. The Kier molecular flexibility index (Phi) is 4.17. The van der Waals surface area contributed by atoms with Crippen LogP contribution in [0.1, 0.15) is 15.9 Å². The highest BCUT2D eigenvalue weighted by atomic mass is 16.4. The predicted octanol–water partition coefficient (Wildman–Crippen LogP) is 5.31. The first-order valence-electron chi connectivity index (χ1n) is 9.45. The van der Waals surface area contributed by atoms with Crippen molar-refractivity contribution in [1.82, 2.24) is 9.97 Å². The molecule has 146 valence electrons. The maximum absolute atomic E-state index is 13.0. The summed E-state index contributed by atoms with van der Waals surface area (Å²) in [6, 6.07) is 20.2. The van der Waals surface area contributed by atoms with Gasteiger partial charge in [0.05, 0.1) is 5.56 Å². The number of aromatic nitrogens is 2. The Balaban J connectivity index is 1.54. The van der Waals surface area contributed by atoms with E-state index in [-0.39, 0.29) is 17.5 Å². The minimum absolute atomic E-state index is 0.0460. The second-order valence-corrected chi connectivity index (χ2v) is 7.01. The van der Waals surface area contributed by atoms with Gasteiger partial charge in [-0.05, 0) is 53.6 Å². The Morgan fingerprint density at radius 3 is 2.73 bits per heavy atom. The first kappa shape index (κ1) is 17.9. The molecule has 0 saturated carbocycles. The molecule has 0 fully saturated rings. The molecule has 0 unspecified atom stereocenters. The zero-order valence-electron chi connectivity index (χ0n) is 16.1. The molecule has 6 heteroatoms. The molecule has 0 aliphatic carbocycles. The summed E-state index contributed by atoms with van der Waals surface area (Å²) in [5.74, 6) is 0.0531. The molecule has 2 heterocycles. The Hall–Kier alpha value is -4.19. The van der Waals surface area contributed by atoms with Crippen LogP contribution in [-0.2, 0) is 0 Å². The molecule has 0 radical (unpaired) electrons. The number of rotatable bonds is 3. The van der Waals surface area contributed by atoms with Crippen molar-refractivity contribution in [3.63, 3.8) is 0 Å². The van der Waals surface area contributed by atoms with E-state index in [9.17, 15) is 9.90 Å². The van der Waals surface area contributed by atoms with Crippen molar-refractivity contribution in [1.29, 1.82) is 0 Å². The summed E-state index contributed by atoms with van der Waals surface area (Å²) in [4.78, 5) is 21.5. The van der Waals surface area contributed by atoms with E-state index in [1.54, 1.807) is 43.5 Å². The summed E-state index contributed by atoms with van der Waals surface area (Å²) in [5, 5.41) is 15.4. The largest absolute Gasteiger partial charge is 0.507 e. The van der Waals surface area contributed by atoms with Gasteiger partial charge >= 0.3 is 0 Å². The van der Waals surface area contributed by atoms with E-state index in [2.05, 4.69) is 15.3 Å². The van der Waals surface area contributed by atoms with Gasteiger partial charge < -0.3 is 14.8 Å². The SMILES string of the molecule is Cc1cc(NC(=O)c2cccc3ccccc23)cc(-c2nc3ncccc3o2)c1O. The summed E-state index contributed by atoms with van der Waals surface area (Å²) >= 11 is 0. The van der Waals surface area contributed by atoms with E-state index >= 15 is 0 Å². The second-order valence-electron chi connectivity index (χ2n) is 7.01. The number of phenolic OH excluding ortho intramolecular Hbond substituents is 1. The summed E-state index contributed by atoms with van der Waals surface area (Å²) in [5.41, 5.74) is 3.07. The monoisotopic (exact) mass is 395 g/mol. The number of carbonyl (C=O) groups is 1. The van der Waals surface area contributed by atoms with E-state index in [1.807, 2.05) is 36.4 Å². The predicted molar refractivity (Wildman–Crippen MR) is 116 cm³/mol. The highest BCUT2D eigenvalue weighted by Gasteiger charge is 2.17.